The normalized spacial score (nSPS) is 17.0. The number of H-pyrrole nitrogens is 1. The maximum atomic E-state index is 13.2. The Hall–Kier alpha value is -3.48. The molecule has 4 aromatic rings. The number of nitrogens with zero attached hydrogens (tertiary/aromatic N) is 5. The summed E-state index contributed by atoms with van der Waals surface area (Å²) in [6.45, 7) is 3.48. The summed E-state index contributed by atoms with van der Waals surface area (Å²) in [5.41, 5.74) is 5.74. The number of carbonyl (C=O) groups is 1. The molecule has 1 fully saturated rings. The molecule has 0 aliphatic carbocycles. The van der Waals surface area contributed by atoms with E-state index in [4.69, 9.17) is 0 Å². The summed E-state index contributed by atoms with van der Waals surface area (Å²) in [4.78, 5) is 19.4. The Labute approximate surface area is 168 Å². The molecule has 0 saturated carbocycles. The van der Waals surface area contributed by atoms with Crippen LogP contribution in [0.4, 0.5) is 0 Å². The molecule has 1 aliphatic rings. The van der Waals surface area contributed by atoms with E-state index in [-0.39, 0.29) is 11.8 Å². The summed E-state index contributed by atoms with van der Waals surface area (Å²) >= 11 is 0. The summed E-state index contributed by atoms with van der Waals surface area (Å²) in [5.74, 6) is 0.209. The lowest BCUT2D eigenvalue weighted by Gasteiger charge is -2.32. The molecule has 0 unspecified atom stereocenters. The van der Waals surface area contributed by atoms with Crippen LogP contribution < -0.4 is 0 Å². The van der Waals surface area contributed by atoms with Gasteiger partial charge in [0.25, 0.3) is 5.91 Å². The molecule has 7 heteroatoms. The fourth-order valence-corrected chi connectivity index (χ4v) is 4.12. The molecule has 146 valence electrons. The van der Waals surface area contributed by atoms with Gasteiger partial charge in [-0.25, -0.2) is 9.50 Å². The molecule has 29 heavy (non-hydrogen) atoms. The molecule has 1 amide bonds. The van der Waals surface area contributed by atoms with E-state index in [0.717, 1.165) is 36.2 Å². The molecule has 1 atom stereocenters. The van der Waals surface area contributed by atoms with Gasteiger partial charge < -0.3 is 4.90 Å². The average Bonchev–Trinajstić information content (AvgIpc) is 3.41. The summed E-state index contributed by atoms with van der Waals surface area (Å²) in [7, 11) is 0. The van der Waals surface area contributed by atoms with Gasteiger partial charge in [0.05, 0.1) is 12.4 Å². The number of carbonyl (C=O) groups excluding carboxylic acids is 1. The third-order valence-corrected chi connectivity index (χ3v) is 5.66. The van der Waals surface area contributed by atoms with E-state index in [9.17, 15) is 4.79 Å². The molecule has 1 aliphatic heterocycles. The minimum Gasteiger partial charge on any atom is -0.338 e. The van der Waals surface area contributed by atoms with E-state index in [0.29, 0.717) is 17.8 Å². The predicted octanol–water partition coefficient (Wildman–Crippen LogP) is 3.45. The fraction of sp³-hybridized carbons (Fsp3) is 0.273. The third-order valence-electron chi connectivity index (χ3n) is 5.66. The lowest BCUT2D eigenvalue weighted by atomic mass is 9.90. The van der Waals surface area contributed by atoms with Crippen LogP contribution in [0.5, 0.6) is 0 Å². The van der Waals surface area contributed by atoms with Crippen LogP contribution in [0.25, 0.3) is 16.8 Å². The van der Waals surface area contributed by atoms with Gasteiger partial charge in [-0.1, -0.05) is 29.8 Å². The Morgan fingerprint density at radius 1 is 1.21 bits per heavy atom. The van der Waals surface area contributed by atoms with E-state index in [1.807, 2.05) is 11.1 Å². The highest BCUT2D eigenvalue weighted by Gasteiger charge is 2.29. The van der Waals surface area contributed by atoms with Gasteiger partial charge >= 0.3 is 0 Å². The van der Waals surface area contributed by atoms with Crippen molar-refractivity contribution in [2.24, 2.45) is 0 Å². The molecule has 7 nitrogen and oxygen atoms in total. The van der Waals surface area contributed by atoms with Gasteiger partial charge in [0.2, 0.25) is 0 Å². The molecule has 5 rings (SSSR count). The second-order valence-corrected chi connectivity index (χ2v) is 7.60. The first kappa shape index (κ1) is 17.6. The van der Waals surface area contributed by atoms with Gasteiger partial charge in [-0.15, -0.1) is 0 Å². The van der Waals surface area contributed by atoms with Crippen LogP contribution in [0.15, 0.2) is 55.1 Å². The number of hydrogen-bond donors (Lipinski definition) is 1. The first-order chi connectivity index (χ1) is 14.2. The molecule has 1 aromatic carbocycles. The number of aryl methyl sites for hydroxylation is 1. The number of piperidine rings is 1. The van der Waals surface area contributed by atoms with Gasteiger partial charge in [-0.3, -0.25) is 9.89 Å². The number of aromatic amines is 1. The van der Waals surface area contributed by atoms with Crippen molar-refractivity contribution in [2.45, 2.75) is 25.7 Å². The van der Waals surface area contributed by atoms with Gasteiger partial charge in [-0.05, 0) is 31.4 Å². The number of nitrogens with one attached hydrogen (secondary N) is 1. The molecular weight excluding hydrogens is 364 g/mol. The molecule has 3 aromatic heterocycles. The third kappa shape index (κ3) is 3.18. The molecule has 1 saturated heterocycles. The smallest absolute Gasteiger partial charge is 0.259 e. The van der Waals surface area contributed by atoms with Crippen molar-refractivity contribution in [1.29, 1.82) is 0 Å². The van der Waals surface area contributed by atoms with Crippen LogP contribution in [0.3, 0.4) is 0 Å². The summed E-state index contributed by atoms with van der Waals surface area (Å²) in [6, 6.07) is 10.3. The first-order valence-electron chi connectivity index (χ1n) is 9.88. The number of fused-ring (bicyclic) bond motifs is 1. The van der Waals surface area contributed by atoms with Crippen LogP contribution in [0.2, 0.25) is 0 Å². The first-order valence-corrected chi connectivity index (χ1v) is 9.88. The molecule has 4 heterocycles. The molecule has 0 radical (unpaired) electrons. The van der Waals surface area contributed by atoms with Gasteiger partial charge in [-0.2, -0.15) is 10.2 Å². The van der Waals surface area contributed by atoms with Gasteiger partial charge in [0.1, 0.15) is 5.56 Å². The van der Waals surface area contributed by atoms with Crippen LogP contribution in [0.1, 0.15) is 40.4 Å². The molecule has 0 bridgehead atoms. The van der Waals surface area contributed by atoms with Crippen molar-refractivity contribution in [3.8, 4) is 11.1 Å². The maximum Gasteiger partial charge on any atom is 0.259 e. The molecule has 1 N–H and O–H groups in total. The quantitative estimate of drug-likeness (QED) is 0.585. The summed E-state index contributed by atoms with van der Waals surface area (Å²) in [5, 5.41) is 11.8. The van der Waals surface area contributed by atoms with Crippen molar-refractivity contribution < 1.29 is 4.79 Å². The zero-order valence-corrected chi connectivity index (χ0v) is 16.2. The Balaban J connectivity index is 1.41. The van der Waals surface area contributed by atoms with Crippen molar-refractivity contribution in [2.75, 3.05) is 13.1 Å². The summed E-state index contributed by atoms with van der Waals surface area (Å²) < 4.78 is 1.64. The van der Waals surface area contributed by atoms with E-state index in [1.165, 1.54) is 5.56 Å². The van der Waals surface area contributed by atoms with Crippen molar-refractivity contribution in [3.05, 3.63) is 71.9 Å². The number of likely N-dealkylation sites (tertiary alicyclic amines) is 1. The van der Waals surface area contributed by atoms with E-state index >= 15 is 0 Å². The maximum absolute atomic E-state index is 13.2. The van der Waals surface area contributed by atoms with Gasteiger partial charge in [0.15, 0.2) is 5.65 Å². The van der Waals surface area contributed by atoms with Crippen molar-refractivity contribution in [1.82, 2.24) is 29.7 Å². The Bertz CT molecular complexity index is 1160. The topological polar surface area (TPSA) is 79.2 Å². The van der Waals surface area contributed by atoms with Crippen LogP contribution in [0, 0.1) is 6.92 Å². The van der Waals surface area contributed by atoms with Crippen molar-refractivity contribution >= 4 is 11.6 Å². The average molecular weight is 386 g/mol. The second kappa shape index (κ2) is 7.16. The second-order valence-electron chi connectivity index (χ2n) is 7.60. The monoisotopic (exact) mass is 386 g/mol. The van der Waals surface area contributed by atoms with Gasteiger partial charge in [0, 0.05) is 42.7 Å². The minimum atomic E-state index is -0.0141. The predicted molar refractivity (Wildman–Crippen MR) is 110 cm³/mol. The van der Waals surface area contributed by atoms with E-state index in [1.54, 1.807) is 29.2 Å². The molecule has 0 spiro atoms. The largest absolute Gasteiger partial charge is 0.338 e. The number of benzene rings is 1. The zero-order valence-electron chi connectivity index (χ0n) is 16.2. The van der Waals surface area contributed by atoms with Crippen molar-refractivity contribution in [3.63, 3.8) is 0 Å². The molecular formula is C22H22N6O. The number of hydrogen-bond acceptors (Lipinski definition) is 4. The van der Waals surface area contributed by atoms with Crippen LogP contribution >= 0.6 is 0 Å². The fourth-order valence-electron chi connectivity index (χ4n) is 4.12. The highest BCUT2D eigenvalue weighted by atomic mass is 16.2. The summed E-state index contributed by atoms with van der Waals surface area (Å²) in [6.07, 6.45) is 8.97. The highest BCUT2D eigenvalue weighted by Crippen LogP contribution is 2.33. The lowest BCUT2D eigenvalue weighted by Crippen LogP contribution is -2.39. The zero-order chi connectivity index (χ0) is 19.8. The Kier molecular flexibility index (Phi) is 4.35. The van der Waals surface area contributed by atoms with E-state index in [2.05, 4.69) is 51.5 Å². The van der Waals surface area contributed by atoms with E-state index < -0.39 is 0 Å². The number of amides is 1. The van der Waals surface area contributed by atoms with Crippen LogP contribution in [-0.4, -0.2) is 48.7 Å². The standard InChI is InChI=1S/C22H22N6O/c1-15-5-7-16(8-6-15)18-12-24-26-20(18)17-4-2-10-27(14-17)22(29)19-13-25-28-11-3-9-23-21(19)28/h3,5-9,11-13,17H,2,4,10,14H2,1H3,(H,24,26)/t17-/m1/s1. The minimum absolute atomic E-state index is 0.0141. The lowest BCUT2D eigenvalue weighted by molar-refractivity contribution is 0.0707. The Morgan fingerprint density at radius 3 is 2.93 bits per heavy atom. The number of rotatable bonds is 3. The Morgan fingerprint density at radius 2 is 2.07 bits per heavy atom. The van der Waals surface area contributed by atoms with Crippen LogP contribution in [-0.2, 0) is 0 Å². The SMILES string of the molecule is Cc1ccc(-c2cn[nH]c2[C@@H]2CCCN(C(=O)c3cnn4cccnc34)C2)cc1. The highest BCUT2D eigenvalue weighted by molar-refractivity contribution is 5.99. The number of aromatic nitrogens is 5.